The average molecular weight is 570 g/mol. The molecule has 2 atom stereocenters. The highest BCUT2D eigenvalue weighted by molar-refractivity contribution is 6.30. The van der Waals surface area contributed by atoms with E-state index in [0.717, 1.165) is 48.8 Å². The predicted octanol–water partition coefficient (Wildman–Crippen LogP) is 5.83. The standard InChI is InChI=1S/C34H36ClN3O3/c1-40-32-16-27-13-14-37(21-28(27)17-33(32)41-2)34(39)31-18-30(36-19-23-8-11-29(35)12-9-23)22-38(31)20-24-7-10-25-5-3-4-6-26(25)15-24/h3-12,15-17,30-31,36H,13-14,18-22H2,1-2H3/t30-,31-/m0/s1. The summed E-state index contributed by atoms with van der Waals surface area (Å²) in [6.45, 7) is 3.57. The van der Waals surface area contributed by atoms with Crippen LogP contribution in [-0.4, -0.2) is 55.1 Å². The van der Waals surface area contributed by atoms with Crippen molar-refractivity contribution in [2.24, 2.45) is 0 Å². The molecule has 2 aliphatic rings. The number of amides is 1. The summed E-state index contributed by atoms with van der Waals surface area (Å²) in [6.07, 6.45) is 1.58. The molecular formula is C34H36ClN3O3. The van der Waals surface area contributed by atoms with Crippen LogP contribution in [0.5, 0.6) is 11.5 Å². The van der Waals surface area contributed by atoms with Gasteiger partial charge in [0.05, 0.1) is 20.3 Å². The zero-order chi connectivity index (χ0) is 28.3. The van der Waals surface area contributed by atoms with Gasteiger partial charge in [0.1, 0.15) is 0 Å². The first-order valence-electron chi connectivity index (χ1n) is 14.2. The number of likely N-dealkylation sites (tertiary alicyclic amines) is 1. The Labute approximate surface area is 246 Å². The molecule has 212 valence electrons. The molecule has 2 heterocycles. The van der Waals surface area contributed by atoms with Crippen LogP contribution in [0.25, 0.3) is 10.8 Å². The highest BCUT2D eigenvalue weighted by Crippen LogP contribution is 2.34. The molecule has 1 amide bonds. The minimum absolute atomic E-state index is 0.189. The molecule has 2 aliphatic heterocycles. The van der Waals surface area contributed by atoms with Crippen molar-refractivity contribution in [1.29, 1.82) is 0 Å². The Hall–Kier alpha value is -3.58. The fourth-order valence-corrected chi connectivity index (χ4v) is 6.33. The molecule has 0 bridgehead atoms. The summed E-state index contributed by atoms with van der Waals surface area (Å²) in [6, 6.07) is 27.1. The van der Waals surface area contributed by atoms with Crippen LogP contribution in [-0.2, 0) is 30.8 Å². The minimum atomic E-state index is -0.189. The average Bonchev–Trinajstić information content (AvgIpc) is 3.41. The molecule has 41 heavy (non-hydrogen) atoms. The molecule has 7 heteroatoms. The molecule has 1 fully saturated rings. The number of hydrogen-bond acceptors (Lipinski definition) is 5. The smallest absolute Gasteiger partial charge is 0.240 e. The molecule has 4 aromatic rings. The van der Waals surface area contributed by atoms with Crippen molar-refractivity contribution in [2.45, 2.75) is 44.6 Å². The van der Waals surface area contributed by atoms with E-state index in [1.54, 1.807) is 14.2 Å². The molecule has 0 aliphatic carbocycles. The highest BCUT2D eigenvalue weighted by atomic mass is 35.5. The number of hydrogen-bond donors (Lipinski definition) is 1. The van der Waals surface area contributed by atoms with Crippen molar-refractivity contribution in [1.82, 2.24) is 15.1 Å². The number of carbonyl (C=O) groups is 1. The maximum atomic E-state index is 14.1. The third-order valence-corrected chi connectivity index (χ3v) is 8.68. The van der Waals surface area contributed by atoms with E-state index in [-0.39, 0.29) is 18.0 Å². The molecule has 4 aromatic carbocycles. The molecule has 1 saturated heterocycles. The van der Waals surface area contributed by atoms with Crippen LogP contribution in [0.1, 0.15) is 28.7 Å². The SMILES string of the molecule is COc1cc2c(cc1OC)CN(C(=O)[C@@H]1C[C@H](NCc3ccc(Cl)cc3)CN1Cc1ccc3ccccc3c1)CC2. The fourth-order valence-electron chi connectivity index (χ4n) is 6.20. The van der Waals surface area contributed by atoms with Crippen LogP contribution < -0.4 is 14.8 Å². The van der Waals surface area contributed by atoms with Gasteiger partial charge >= 0.3 is 0 Å². The Bertz CT molecular complexity index is 1540. The zero-order valence-corrected chi connectivity index (χ0v) is 24.4. The van der Waals surface area contributed by atoms with Crippen molar-refractivity contribution < 1.29 is 14.3 Å². The Morgan fingerprint density at radius 3 is 2.37 bits per heavy atom. The number of benzene rings is 4. The molecule has 1 N–H and O–H groups in total. The first-order valence-corrected chi connectivity index (χ1v) is 14.6. The van der Waals surface area contributed by atoms with Gasteiger partial charge in [0.2, 0.25) is 5.91 Å². The van der Waals surface area contributed by atoms with Gasteiger partial charge in [0, 0.05) is 43.8 Å². The molecule has 0 aromatic heterocycles. The van der Waals surface area contributed by atoms with Gasteiger partial charge in [0.25, 0.3) is 0 Å². The molecular weight excluding hydrogens is 534 g/mol. The first-order chi connectivity index (χ1) is 20.0. The molecule has 6 nitrogen and oxygen atoms in total. The Balaban J connectivity index is 1.21. The van der Waals surface area contributed by atoms with Gasteiger partial charge in [-0.25, -0.2) is 0 Å². The summed E-state index contributed by atoms with van der Waals surface area (Å²) in [7, 11) is 3.31. The highest BCUT2D eigenvalue weighted by Gasteiger charge is 2.39. The number of halogens is 1. The maximum absolute atomic E-state index is 14.1. The summed E-state index contributed by atoms with van der Waals surface area (Å²) in [5, 5.41) is 6.90. The van der Waals surface area contributed by atoms with Gasteiger partial charge in [-0.3, -0.25) is 9.69 Å². The van der Waals surface area contributed by atoms with Crippen LogP contribution in [0.2, 0.25) is 5.02 Å². The Morgan fingerprint density at radius 1 is 0.902 bits per heavy atom. The topological polar surface area (TPSA) is 54.0 Å². The van der Waals surface area contributed by atoms with Crippen molar-refractivity contribution in [3.05, 3.63) is 106 Å². The minimum Gasteiger partial charge on any atom is -0.493 e. The lowest BCUT2D eigenvalue weighted by molar-refractivity contribution is -0.137. The van der Waals surface area contributed by atoms with E-state index in [0.29, 0.717) is 18.8 Å². The number of nitrogens with zero attached hydrogens (tertiary/aromatic N) is 2. The number of carbonyl (C=O) groups excluding carboxylic acids is 1. The summed E-state index contributed by atoms with van der Waals surface area (Å²) < 4.78 is 11.0. The predicted molar refractivity (Wildman–Crippen MR) is 164 cm³/mol. The largest absolute Gasteiger partial charge is 0.493 e. The second-order valence-electron chi connectivity index (χ2n) is 11.1. The van der Waals surface area contributed by atoms with E-state index in [1.807, 2.05) is 41.3 Å². The third kappa shape index (κ3) is 6.05. The van der Waals surface area contributed by atoms with Gasteiger partial charge < -0.3 is 19.7 Å². The van der Waals surface area contributed by atoms with Gasteiger partial charge in [-0.2, -0.15) is 0 Å². The molecule has 0 radical (unpaired) electrons. The van der Waals surface area contributed by atoms with Crippen LogP contribution in [0.4, 0.5) is 0 Å². The number of methoxy groups -OCH3 is 2. The van der Waals surface area contributed by atoms with E-state index in [9.17, 15) is 4.79 Å². The fraction of sp³-hybridized carbons (Fsp3) is 0.324. The normalized spacial score (nSPS) is 18.9. The van der Waals surface area contributed by atoms with Crippen LogP contribution in [0.3, 0.4) is 0 Å². The molecule has 0 saturated carbocycles. The van der Waals surface area contributed by atoms with Gasteiger partial charge in [-0.05, 0) is 76.2 Å². The van der Waals surface area contributed by atoms with Gasteiger partial charge in [0.15, 0.2) is 11.5 Å². The number of nitrogens with one attached hydrogen (secondary N) is 1. The lowest BCUT2D eigenvalue weighted by Crippen LogP contribution is -2.47. The van der Waals surface area contributed by atoms with Crippen LogP contribution in [0, 0.1) is 0 Å². The van der Waals surface area contributed by atoms with Crippen molar-refractivity contribution in [3.8, 4) is 11.5 Å². The van der Waals surface area contributed by atoms with E-state index in [2.05, 4.69) is 52.7 Å². The quantitative estimate of drug-likeness (QED) is 0.289. The Kier molecular flexibility index (Phi) is 8.15. The maximum Gasteiger partial charge on any atom is 0.240 e. The van der Waals surface area contributed by atoms with Crippen LogP contribution >= 0.6 is 11.6 Å². The summed E-state index contributed by atoms with van der Waals surface area (Å²) in [5.41, 5.74) is 4.75. The summed E-state index contributed by atoms with van der Waals surface area (Å²) >= 11 is 6.08. The first kappa shape index (κ1) is 27.6. The number of ether oxygens (including phenoxy) is 2. The van der Waals surface area contributed by atoms with E-state index < -0.39 is 0 Å². The molecule has 0 unspecified atom stereocenters. The zero-order valence-electron chi connectivity index (χ0n) is 23.6. The number of rotatable bonds is 8. The summed E-state index contributed by atoms with van der Waals surface area (Å²) in [5.74, 6) is 1.63. The van der Waals surface area contributed by atoms with Gasteiger partial charge in [-0.15, -0.1) is 0 Å². The second kappa shape index (κ2) is 12.1. The second-order valence-corrected chi connectivity index (χ2v) is 11.5. The molecule has 0 spiro atoms. The number of fused-ring (bicyclic) bond motifs is 2. The summed E-state index contributed by atoms with van der Waals surface area (Å²) in [4.78, 5) is 18.5. The Morgan fingerprint density at radius 2 is 1.61 bits per heavy atom. The van der Waals surface area contributed by atoms with Crippen LogP contribution in [0.15, 0.2) is 78.9 Å². The van der Waals surface area contributed by atoms with E-state index >= 15 is 0 Å². The van der Waals surface area contributed by atoms with E-state index in [1.165, 1.54) is 27.5 Å². The third-order valence-electron chi connectivity index (χ3n) is 8.43. The van der Waals surface area contributed by atoms with Crippen molar-refractivity contribution in [3.63, 3.8) is 0 Å². The van der Waals surface area contributed by atoms with Gasteiger partial charge in [-0.1, -0.05) is 60.1 Å². The lowest BCUT2D eigenvalue weighted by atomic mass is 9.97. The van der Waals surface area contributed by atoms with Crippen molar-refractivity contribution >= 4 is 28.3 Å². The monoisotopic (exact) mass is 569 g/mol. The lowest BCUT2D eigenvalue weighted by Gasteiger charge is -2.34. The van der Waals surface area contributed by atoms with E-state index in [4.69, 9.17) is 21.1 Å². The molecule has 6 rings (SSSR count). The van der Waals surface area contributed by atoms with Crippen molar-refractivity contribution in [2.75, 3.05) is 27.3 Å².